The summed E-state index contributed by atoms with van der Waals surface area (Å²) in [6, 6.07) is 0.111. The van der Waals surface area contributed by atoms with Crippen molar-refractivity contribution in [2.75, 3.05) is 39.0 Å². The minimum Gasteiger partial charge on any atom is -0.340 e. The van der Waals surface area contributed by atoms with Crippen molar-refractivity contribution in [3.8, 4) is 0 Å². The van der Waals surface area contributed by atoms with E-state index in [9.17, 15) is 13.2 Å². The molecule has 2 heterocycles. The first-order valence-corrected chi connectivity index (χ1v) is 9.54. The number of sulfonamides is 1. The number of carbonyl (C=O) groups is 1. The monoisotopic (exact) mass is 315 g/mol. The number of carbonyl (C=O) groups excluding carboxylic acids is 1. The Morgan fingerprint density at radius 2 is 1.81 bits per heavy atom. The molecule has 3 rings (SSSR count). The number of fused-ring (bicyclic) bond motifs is 1. The molecule has 3 aliphatic rings. The average Bonchev–Trinajstić information content (AvgIpc) is 3.19. The molecule has 1 aliphatic carbocycles. The molecule has 0 aromatic carbocycles. The zero-order valence-corrected chi connectivity index (χ0v) is 13.9. The van der Waals surface area contributed by atoms with Gasteiger partial charge in [-0.25, -0.2) is 8.42 Å². The molecular formula is C14H25N3O3S. The highest BCUT2D eigenvalue weighted by molar-refractivity contribution is 7.88. The van der Waals surface area contributed by atoms with Gasteiger partial charge in [0.2, 0.25) is 15.9 Å². The molecule has 0 N–H and O–H groups in total. The van der Waals surface area contributed by atoms with E-state index in [2.05, 4.69) is 18.7 Å². The Balaban J connectivity index is 1.76. The lowest BCUT2D eigenvalue weighted by molar-refractivity contribution is -0.138. The maximum atomic E-state index is 12.3. The normalized spacial score (nSPS) is 31.0. The summed E-state index contributed by atoms with van der Waals surface area (Å²) in [5, 5.41) is 0. The Morgan fingerprint density at radius 1 is 1.14 bits per heavy atom. The van der Waals surface area contributed by atoms with Gasteiger partial charge in [-0.3, -0.25) is 9.69 Å². The van der Waals surface area contributed by atoms with Gasteiger partial charge in [-0.05, 0) is 26.7 Å². The molecule has 1 atom stereocenters. The van der Waals surface area contributed by atoms with Gasteiger partial charge in [0, 0.05) is 50.2 Å². The molecule has 0 radical (unpaired) electrons. The van der Waals surface area contributed by atoms with Crippen LogP contribution in [0.1, 0.15) is 26.7 Å². The molecule has 7 heteroatoms. The first-order valence-electron chi connectivity index (χ1n) is 7.69. The van der Waals surface area contributed by atoms with Crippen molar-refractivity contribution < 1.29 is 13.2 Å². The van der Waals surface area contributed by atoms with E-state index >= 15 is 0 Å². The minimum atomic E-state index is -3.19. The van der Waals surface area contributed by atoms with E-state index in [1.54, 1.807) is 4.31 Å². The maximum absolute atomic E-state index is 12.3. The molecule has 0 aromatic heterocycles. The third kappa shape index (κ3) is 2.96. The lowest BCUT2D eigenvalue weighted by Crippen LogP contribution is -2.70. The first-order chi connectivity index (χ1) is 9.68. The van der Waals surface area contributed by atoms with Crippen LogP contribution >= 0.6 is 0 Å². The second-order valence-corrected chi connectivity index (χ2v) is 9.26. The molecule has 2 aliphatic heterocycles. The van der Waals surface area contributed by atoms with Crippen molar-refractivity contribution in [3.63, 3.8) is 0 Å². The molecule has 0 unspecified atom stereocenters. The molecule has 0 bridgehead atoms. The molecule has 21 heavy (non-hydrogen) atoms. The van der Waals surface area contributed by atoms with Crippen molar-refractivity contribution in [1.29, 1.82) is 0 Å². The average molecular weight is 315 g/mol. The minimum absolute atomic E-state index is 0.111. The largest absolute Gasteiger partial charge is 0.340 e. The van der Waals surface area contributed by atoms with Crippen LogP contribution in [0.15, 0.2) is 0 Å². The van der Waals surface area contributed by atoms with Gasteiger partial charge in [0.05, 0.1) is 6.26 Å². The lowest BCUT2D eigenvalue weighted by atomic mass is 9.94. The fourth-order valence-corrected chi connectivity index (χ4v) is 4.67. The molecule has 3 fully saturated rings. The molecule has 1 amide bonds. The van der Waals surface area contributed by atoms with Crippen molar-refractivity contribution in [2.45, 2.75) is 38.3 Å². The van der Waals surface area contributed by atoms with Crippen LogP contribution < -0.4 is 0 Å². The van der Waals surface area contributed by atoms with E-state index in [0.29, 0.717) is 19.6 Å². The van der Waals surface area contributed by atoms with Gasteiger partial charge < -0.3 is 4.90 Å². The van der Waals surface area contributed by atoms with Crippen molar-refractivity contribution in [3.05, 3.63) is 0 Å². The molecule has 2 saturated heterocycles. The Bertz CT molecular complexity index is 542. The van der Waals surface area contributed by atoms with E-state index in [0.717, 1.165) is 25.9 Å². The predicted octanol–water partition coefficient (Wildman–Crippen LogP) is -0.0370. The Labute approximate surface area is 127 Å². The molecule has 6 nitrogen and oxygen atoms in total. The predicted molar refractivity (Wildman–Crippen MR) is 80.3 cm³/mol. The van der Waals surface area contributed by atoms with Crippen LogP contribution in [0, 0.1) is 5.92 Å². The quantitative estimate of drug-likeness (QED) is 0.718. The summed E-state index contributed by atoms with van der Waals surface area (Å²) >= 11 is 0. The molecular weight excluding hydrogens is 290 g/mol. The summed E-state index contributed by atoms with van der Waals surface area (Å²) in [5.74, 6) is 0.503. The molecule has 0 spiro atoms. The Hall–Kier alpha value is -0.660. The van der Waals surface area contributed by atoms with Gasteiger partial charge in [0.1, 0.15) is 0 Å². The van der Waals surface area contributed by atoms with Gasteiger partial charge in [-0.1, -0.05) is 0 Å². The number of hydrogen-bond acceptors (Lipinski definition) is 4. The molecule has 1 saturated carbocycles. The number of amides is 1. The van der Waals surface area contributed by atoms with Gasteiger partial charge in [-0.2, -0.15) is 4.31 Å². The maximum Gasteiger partial charge on any atom is 0.225 e. The van der Waals surface area contributed by atoms with Crippen LogP contribution in [0.3, 0.4) is 0 Å². The van der Waals surface area contributed by atoms with E-state index in [-0.39, 0.29) is 23.4 Å². The summed E-state index contributed by atoms with van der Waals surface area (Å²) in [5.41, 5.74) is -0.180. The third-order valence-corrected chi connectivity index (χ3v) is 6.16. The van der Waals surface area contributed by atoms with E-state index in [1.165, 1.54) is 6.26 Å². The highest BCUT2D eigenvalue weighted by Crippen LogP contribution is 2.34. The van der Waals surface area contributed by atoms with Gasteiger partial charge in [0.15, 0.2) is 0 Å². The Morgan fingerprint density at radius 3 is 2.38 bits per heavy atom. The number of rotatable bonds is 2. The summed E-state index contributed by atoms with van der Waals surface area (Å²) in [4.78, 5) is 16.6. The summed E-state index contributed by atoms with van der Waals surface area (Å²) in [7, 11) is -3.19. The lowest BCUT2D eigenvalue weighted by Gasteiger charge is -2.54. The third-order valence-electron chi connectivity index (χ3n) is 4.95. The standard InChI is InChI=1S/C14H25N3O3S/c1-14(2)10-16(21(3,19)20)9-12-8-15(6-7-17(12)14)13(18)11-4-5-11/h11-12H,4-10H2,1-3H3/t12-/m0/s1. The van der Waals surface area contributed by atoms with Gasteiger partial charge in [-0.15, -0.1) is 0 Å². The number of hydrogen-bond donors (Lipinski definition) is 0. The summed E-state index contributed by atoms with van der Waals surface area (Å²) in [6.07, 6.45) is 3.31. The van der Waals surface area contributed by atoms with Crippen LogP contribution in [0.2, 0.25) is 0 Å². The van der Waals surface area contributed by atoms with Crippen LogP contribution in [-0.4, -0.2) is 79.0 Å². The fraction of sp³-hybridized carbons (Fsp3) is 0.929. The first kappa shape index (κ1) is 15.2. The molecule has 0 aromatic rings. The van der Waals surface area contributed by atoms with Crippen LogP contribution in [0.25, 0.3) is 0 Å². The van der Waals surface area contributed by atoms with Gasteiger partial charge >= 0.3 is 0 Å². The zero-order valence-electron chi connectivity index (χ0n) is 13.1. The van der Waals surface area contributed by atoms with Crippen LogP contribution in [0.4, 0.5) is 0 Å². The van der Waals surface area contributed by atoms with Gasteiger partial charge in [0.25, 0.3) is 0 Å². The second-order valence-electron chi connectivity index (χ2n) is 7.27. The summed E-state index contributed by atoms with van der Waals surface area (Å²) in [6.45, 7) is 7.48. The van der Waals surface area contributed by atoms with Crippen molar-refractivity contribution in [2.24, 2.45) is 5.92 Å². The number of piperazine rings is 2. The van der Waals surface area contributed by atoms with E-state index < -0.39 is 10.0 Å². The van der Waals surface area contributed by atoms with Crippen LogP contribution in [0.5, 0.6) is 0 Å². The summed E-state index contributed by atoms with van der Waals surface area (Å²) < 4.78 is 25.4. The SMILES string of the molecule is CC1(C)CN(S(C)(=O)=O)C[C@@H]2CN(C(=O)C3CC3)CCN21. The van der Waals surface area contributed by atoms with Crippen LogP contribution in [-0.2, 0) is 14.8 Å². The molecule has 120 valence electrons. The highest BCUT2D eigenvalue weighted by Gasteiger charge is 2.46. The van der Waals surface area contributed by atoms with E-state index in [1.807, 2.05) is 4.90 Å². The topological polar surface area (TPSA) is 60.9 Å². The fourth-order valence-electron chi connectivity index (χ4n) is 3.67. The Kier molecular flexibility index (Phi) is 3.58. The smallest absolute Gasteiger partial charge is 0.225 e. The zero-order chi connectivity index (χ0) is 15.4. The van der Waals surface area contributed by atoms with Crippen molar-refractivity contribution >= 4 is 15.9 Å². The second kappa shape index (κ2) is 4.93. The van der Waals surface area contributed by atoms with E-state index in [4.69, 9.17) is 0 Å². The highest BCUT2D eigenvalue weighted by atomic mass is 32.2. The van der Waals surface area contributed by atoms with Crippen molar-refractivity contribution in [1.82, 2.24) is 14.1 Å². The number of nitrogens with zero attached hydrogens (tertiary/aromatic N) is 3.